The molecule has 2 saturated heterocycles. The molecule has 3 heterocycles. The fourth-order valence-corrected chi connectivity index (χ4v) is 3.89. The van der Waals surface area contributed by atoms with E-state index in [0.717, 1.165) is 37.2 Å². The Labute approximate surface area is 162 Å². The Morgan fingerprint density at radius 2 is 1.85 bits per heavy atom. The second-order valence-electron chi connectivity index (χ2n) is 6.94. The molecule has 2 N–H and O–H groups in total. The fraction of sp³-hybridized carbons (Fsp3) is 0.500. The number of piperazine rings is 1. The minimum Gasteiger partial charge on any atom is -0.340 e. The summed E-state index contributed by atoms with van der Waals surface area (Å²) in [6.45, 7) is 5.08. The van der Waals surface area contributed by atoms with Crippen molar-refractivity contribution in [2.45, 2.75) is 19.0 Å². The Morgan fingerprint density at radius 3 is 2.63 bits per heavy atom. The second-order valence-corrected chi connectivity index (χ2v) is 6.94. The molecule has 4 rings (SSSR count). The molecule has 2 aliphatic rings. The van der Waals surface area contributed by atoms with Crippen molar-refractivity contribution in [3.8, 4) is 0 Å². The Bertz CT molecular complexity index is 934. The zero-order valence-electron chi connectivity index (χ0n) is 15.0. The number of benzene rings is 1. The van der Waals surface area contributed by atoms with E-state index in [2.05, 4.69) is 15.2 Å². The van der Waals surface area contributed by atoms with Gasteiger partial charge in [0, 0.05) is 45.3 Å². The fourth-order valence-electron chi connectivity index (χ4n) is 3.89. The van der Waals surface area contributed by atoms with Crippen molar-refractivity contribution in [2.24, 2.45) is 0 Å². The van der Waals surface area contributed by atoms with Crippen molar-refractivity contribution in [3.05, 3.63) is 45.1 Å². The number of rotatable bonds is 3. The average Bonchev–Trinajstić information content (AvgIpc) is 3.16. The van der Waals surface area contributed by atoms with E-state index in [1.807, 2.05) is 0 Å². The van der Waals surface area contributed by atoms with E-state index in [1.165, 1.54) is 0 Å². The summed E-state index contributed by atoms with van der Waals surface area (Å²) >= 11 is 0. The molecule has 2 aliphatic heterocycles. The predicted molar refractivity (Wildman–Crippen MR) is 106 cm³/mol. The molecule has 0 bridgehead atoms. The molecule has 8 nitrogen and oxygen atoms in total. The van der Waals surface area contributed by atoms with Gasteiger partial charge in [-0.15, -0.1) is 12.4 Å². The number of aromatic nitrogens is 2. The first-order valence-corrected chi connectivity index (χ1v) is 9.08. The Balaban J connectivity index is 0.00000210. The van der Waals surface area contributed by atoms with Gasteiger partial charge in [-0.05, 0) is 18.6 Å². The highest BCUT2D eigenvalue weighted by atomic mass is 35.5. The molecule has 0 spiro atoms. The smallest absolute Gasteiger partial charge is 0.329 e. The van der Waals surface area contributed by atoms with Crippen LogP contribution in [0.25, 0.3) is 10.9 Å². The first-order chi connectivity index (χ1) is 12.6. The van der Waals surface area contributed by atoms with Crippen LogP contribution in [0.1, 0.15) is 6.42 Å². The molecule has 1 aromatic heterocycles. The number of hydrogen-bond acceptors (Lipinski definition) is 5. The van der Waals surface area contributed by atoms with Gasteiger partial charge in [0.05, 0.1) is 10.9 Å². The van der Waals surface area contributed by atoms with E-state index in [1.54, 1.807) is 29.2 Å². The predicted octanol–water partition coefficient (Wildman–Crippen LogP) is -0.382. The zero-order chi connectivity index (χ0) is 18.1. The van der Waals surface area contributed by atoms with E-state index in [-0.39, 0.29) is 24.9 Å². The summed E-state index contributed by atoms with van der Waals surface area (Å²) in [5.41, 5.74) is -0.471. The number of carbonyl (C=O) groups excluding carboxylic acids is 1. The minimum atomic E-state index is -0.542. The molecule has 1 aromatic carbocycles. The van der Waals surface area contributed by atoms with Crippen LogP contribution in [0.3, 0.4) is 0 Å². The van der Waals surface area contributed by atoms with E-state index in [0.29, 0.717) is 30.0 Å². The molecule has 0 aliphatic carbocycles. The first kappa shape index (κ1) is 19.6. The molecule has 146 valence electrons. The minimum absolute atomic E-state index is 0. The van der Waals surface area contributed by atoms with Gasteiger partial charge in [-0.3, -0.25) is 19.1 Å². The third kappa shape index (κ3) is 3.92. The Hall–Kier alpha value is -2.16. The molecule has 1 amide bonds. The van der Waals surface area contributed by atoms with Crippen LogP contribution in [0.2, 0.25) is 0 Å². The molecular formula is C18H24ClN5O3. The van der Waals surface area contributed by atoms with Gasteiger partial charge in [0.25, 0.3) is 5.56 Å². The van der Waals surface area contributed by atoms with Crippen LogP contribution < -0.4 is 16.6 Å². The van der Waals surface area contributed by atoms with Gasteiger partial charge < -0.3 is 15.2 Å². The number of amides is 1. The molecule has 0 saturated carbocycles. The summed E-state index contributed by atoms with van der Waals surface area (Å²) in [7, 11) is 0. The highest BCUT2D eigenvalue weighted by Crippen LogP contribution is 2.16. The monoisotopic (exact) mass is 393 g/mol. The maximum absolute atomic E-state index is 12.7. The van der Waals surface area contributed by atoms with Crippen LogP contribution in [-0.4, -0.2) is 70.6 Å². The molecule has 1 unspecified atom stereocenters. The number of halogens is 1. The number of likely N-dealkylation sites (tertiary alicyclic amines) is 1. The molecule has 0 radical (unpaired) electrons. The number of para-hydroxylation sites is 1. The van der Waals surface area contributed by atoms with Crippen LogP contribution in [0.4, 0.5) is 0 Å². The molecule has 9 heteroatoms. The van der Waals surface area contributed by atoms with Crippen molar-refractivity contribution in [2.75, 3.05) is 39.3 Å². The van der Waals surface area contributed by atoms with E-state index < -0.39 is 11.2 Å². The second kappa shape index (κ2) is 8.24. The van der Waals surface area contributed by atoms with Crippen LogP contribution in [0.15, 0.2) is 33.9 Å². The molecule has 27 heavy (non-hydrogen) atoms. The van der Waals surface area contributed by atoms with Gasteiger partial charge in [-0.2, -0.15) is 0 Å². The highest BCUT2D eigenvalue weighted by molar-refractivity contribution is 5.85. The van der Waals surface area contributed by atoms with Gasteiger partial charge in [-0.1, -0.05) is 12.1 Å². The lowest BCUT2D eigenvalue weighted by molar-refractivity contribution is -0.131. The third-order valence-electron chi connectivity index (χ3n) is 5.37. The number of aromatic amines is 1. The van der Waals surface area contributed by atoms with Gasteiger partial charge in [0.15, 0.2) is 0 Å². The van der Waals surface area contributed by atoms with Crippen molar-refractivity contribution in [1.82, 2.24) is 24.7 Å². The van der Waals surface area contributed by atoms with Crippen LogP contribution in [0, 0.1) is 0 Å². The number of nitrogens with zero attached hydrogens (tertiary/aromatic N) is 3. The lowest BCUT2D eigenvalue weighted by Gasteiger charge is -2.32. The summed E-state index contributed by atoms with van der Waals surface area (Å²) in [6.07, 6.45) is 0.939. The SMILES string of the molecule is Cl.O=C(Cn1c(=O)[nH]c2ccccc2c1=O)N1CCC(N2CCNCC2)C1. The Kier molecular flexibility index (Phi) is 5.98. The lowest BCUT2D eigenvalue weighted by atomic mass is 10.2. The number of carbonyl (C=O) groups is 1. The standard InChI is InChI=1S/C18H23N5O3.ClH/c24-16(22-8-5-13(11-22)21-9-6-19-7-10-21)12-23-17(25)14-3-1-2-4-15(14)20-18(23)26;/h1-4,13,19H,5-12H2,(H,20,26);1H. The number of nitrogens with one attached hydrogen (secondary N) is 2. The van der Waals surface area contributed by atoms with Crippen LogP contribution in [-0.2, 0) is 11.3 Å². The quantitative estimate of drug-likeness (QED) is 0.741. The summed E-state index contributed by atoms with van der Waals surface area (Å²) in [4.78, 5) is 44.3. The summed E-state index contributed by atoms with van der Waals surface area (Å²) in [6, 6.07) is 7.21. The maximum Gasteiger partial charge on any atom is 0.329 e. The number of H-pyrrole nitrogens is 1. The van der Waals surface area contributed by atoms with Crippen molar-refractivity contribution in [1.29, 1.82) is 0 Å². The lowest BCUT2D eigenvalue weighted by Crippen LogP contribution is -2.49. The van der Waals surface area contributed by atoms with E-state index >= 15 is 0 Å². The summed E-state index contributed by atoms with van der Waals surface area (Å²) < 4.78 is 1.00. The molecule has 2 aromatic rings. The van der Waals surface area contributed by atoms with Gasteiger partial charge >= 0.3 is 5.69 Å². The maximum atomic E-state index is 12.7. The van der Waals surface area contributed by atoms with Crippen LogP contribution in [0.5, 0.6) is 0 Å². The number of hydrogen-bond donors (Lipinski definition) is 2. The summed E-state index contributed by atoms with van der Waals surface area (Å²) in [5, 5.41) is 3.75. The van der Waals surface area contributed by atoms with Crippen molar-refractivity contribution in [3.63, 3.8) is 0 Å². The highest BCUT2D eigenvalue weighted by Gasteiger charge is 2.31. The van der Waals surface area contributed by atoms with E-state index in [4.69, 9.17) is 0 Å². The normalized spacial score (nSPS) is 20.6. The third-order valence-corrected chi connectivity index (χ3v) is 5.37. The van der Waals surface area contributed by atoms with Gasteiger partial charge in [0.2, 0.25) is 5.91 Å². The molecule has 2 fully saturated rings. The molecular weight excluding hydrogens is 370 g/mol. The topological polar surface area (TPSA) is 90.4 Å². The summed E-state index contributed by atoms with van der Waals surface area (Å²) in [5.74, 6) is -0.175. The van der Waals surface area contributed by atoms with E-state index in [9.17, 15) is 14.4 Å². The van der Waals surface area contributed by atoms with Crippen molar-refractivity contribution < 1.29 is 4.79 Å². The van der Waals surface area contributed by atoms with Crippen LogP contribution >= 0.6 is 12.4 Å². The van der Waals surface area contributed by atoms with Gasteiger partial charge in [0.1, 0.15) is 6.54 Å². The van der Waals surface area contributed by atoms with Crippen molar-refractivity contribution >= 4 is 29.2 Å². The zero-order valence-corrected chi connectivity index (χ0v) is 15.8. The Morgan fingerprint density at radius 1 is 1.11 bits per heavy atom. The van der Waals surface area contributed by atoms with Gasteiger partial charge in [-0.25, -0.2) is 4.79 Å². The molecule has 1 atom stereocenters. The largest absolute Gasteiger partial charge is 0.340 e. The number of fused-ring (bicyclic) bond motifs is 1. The average molecular weight is 394 g/mol. The first-order valence-electron chi connectivity index (χ1n) is 9.08.